The van der Waals surface area contributed by atoms with Crippen molar-refractivity contribution in [3.05, 3.63) is 95.9 Å². The summed E-state index contributed by atoms with van der Waals surface area (Å²) in [6.07, 6.45) is 11.5. The Kier molecular flexibility index (Phi) is 7.77. The Balaban J connectivity index is 0.00000144. The van der Waals surface area contributed by atoms with Crippen LogP contribution in [0.25, 0.3) is 33.8 Å². The number of fused-ring (bicyclic) bond motifs is 1. The predicted molar refractivity (Wildman–Crippen MR) is 157 cm³/mol. The number of hydrogen-bond donors (Lipinski definition) is 3. The number of rotatable bonds is 7. The number of nitrogens with two attached hydrogens (primary N) is 1. The highest BCUT2D eigenvalue weighted by Crippen LogP contribution is 2.33. The molecule has 1 aromatic carbocycles. The van der Waals surface area contributed by atoms with Gasteiger partial charge in [0, 0.05) is 43.1 Å². The Labute approximate surface area is 224 Å². The smallest absolute Gasteiger partial charge is 0.165 e. The summed E-state index contributed by atoms with van der Waals surface area (Å²) in [6.45, 7) is 8.85. The molecule has 194 valence electrons. The summed E-state index contributed by atoms with van der Waals surface area (Å²) in [6, 6.07) is 16.8. The molecule has 0 fully saturated rings. The Morgan fingerprint density at radius 2 is 1.87 bits per heavy atom. The van der Waals surface area contributed by atoms with Gasteiger partial charge in [0.25, 0.3) is 0 Å². The molecular weight excluding hydrogens is 470 g/mol. The zero-order valence-corrected chi connectivity index (χ0v) is 22.3. The first kappa shape index (κ1) is 25.6. The van der Waals surface area contributed by atoms with Crippen molar-refractivity contribution in [3.63, 3.8) is 0 Å². The van der Waals surface area contributed by atoms with Crippen LogP contribution in [0.2, 0.25) is 0 Å². The zero-order chi connectivity index (χ0) is 26.5. The Morgan fingerprint density at radius 3 is 2.58 bits per heavy atom. The molecule has 0 amide bonds. The van der Waals surface area contributed by atoms with Gasteiger partial charge in [-0.05, 0) is 66.1 Å². The van der Waals surface area contributed by atoms with Crippen LogP contribution in [0.4, 0.5) is 5.82 Å². The number of aromatic nitrogens is 4. The van der Waals surface area contributed by atoms with E-state index in [0.29, 0.717) is 11.9 Å². The van der Waals surface area contributed by atoms with Crippen molar-refractivity contribution in [2.24, 2.45) is 0 Å². The summed E-state index contributed by atoms with van der Waals surface area (Å²) >= 11 is 0. The molecule has 7 nitrogen and oxygen atoms in total. The molecule has 4 heterocycles. The van der Waals surface area contributed by atoms with Crippen LogP contribution in [0.1, 0.15) is 38.4 Å². The number of benzene rings is 1. The number of nitrogens with zero attached hydrogens (tertiary/aromatic N) is 4. The minimum atomic E-state index is 0.349. The summed E-state index contributed by atoms with van der Waals surface area (Å²) in [5.74, 6) is 1.18. The van der Waals surface area contributed by atoms with Gasteiger partial charge in [-0.15, -0.1) is 0 Å². The van der Waals surface area contributed by atoms with Crippen LogP contribution in [-0.2, 0) is 6.54 Å². The molecule has 2 aliphatic rings. The second-order valence-corrected chi connectivity index (χ2v) is 9.16. The van der Waals surface area contributed by atoms with E-state index in [0.717, 1.165) is 65.6 Å². The molecule has 0 spiro atoms. The van der Waals surface area contributed by atoms with Crippen LogP contribution >= 0.6 is 0 Å². The van der Waals surface area contributed by atoms with Gasteiger partial charge >= 0.3 is 0 Å². The van der Waals surface area contributed by atoms with E-state index in [-0.39, 0.29) is 0 Å². The minimum absolute atomic E-state index is 0.349. The molecule has 1 unspecified atom stereocenters. The minimum Gasteiger partial charge on any atom is -0.383 e. The van der Waals surface area contributed by atoms with E-state index in [1.165, 1.54) is 11.1 Å². The molecule has 38 heavy (non-hydrogen) atoms. The molecule has 4 N–H and O–H groups in total. The zero-order valence-electron chi connectivity index (χ0n) is 22.3. The van der Waals surface area contributed by atoms with Gasteiger partial charge in [-0.2, -0.15) is 0 Å². The molecule has 0 saturated carbocycles. The highest BCUT2D eigenvalue weighted by atomic mass is 15.1. The molecule has 0 radical (unpaired) electrons. The molecule has 1 atom stereocenters. The molecule has 6 rings (SSSR count). The van der Waals surface area contributed by atoms with Gasteiger partial charge in [-0.1, -0.05) is 45.1 Å². The van der Waals surface area contributed by atoms with Gasteiger partial charge in [0.15, 0.2) is 11.5 Å². The van der Waals surface area contributed by atoms with E-state index in [4.69, 9.17) is 15.7 Å². The van der Waals surface area contributed by atoms with Crippen molar-refractivity contribution in [3.8, 4) is 17.1 Å². The first-order valence-electron chi connectivity index (χ1n) is 13.4. The van der Waals surface area contributed by atoms with Gasteiger partial charge in [0.05, 0.1) is 11.3 Å². The number of pyridine rings is 2. The van der Waals surface area contributed by atoms with Gasteiger partial charge in [-0.25, -0.2) is 15.0 Å². The normalized spacial score (nSPS) is 16.3. The number of hydrogen-bond acceptors (Lipinski definition) is 6. The van der Waals surface area contributed by atoms with Gasteiger partial charge < -0.3 is 16.4 Å². The van der Waals surface area contributed by atoms with E-state index in [2.05, 4.69) is 75.7 Å². The number of nitrogen functional groups attached to an aromatic ring is 1. The van der Waals surface area contributed by atoms with Crippen molar-refractivity contribution in [1.82, 2.24) is 30.2 Å². The fourth-order valence-corrected chi connectivity index (χ4v) is 4.66. The lowest BCUT2D eigenvalue weighted by Crippen LogP contribution is -2.39. The summed E-state index contributed by atoms with van der Waals surface area (Å²) in [5.41, 5.74) is 14.3. The topological polar surface area (TPSA) is 93.7 Å². The highest BCUT2D eigenvalue weighted by Gasteiger charge is 2.20. The Bertz CT molecular complexity index is 1510. The van der Waals surface area contributed by atoms with Crippen molar-refractivity contribution >= 4 is 22.6 Å². The third-order valence-electron chi connectivity index (χ3n) is 6.73. The molecule has 3 aromatic heterocycles. The molecule has 4 aromatic rings. The summed E-state index contributed by atoms with van der Waals surface area (Å²) in [4.78, 5) is 14.3. The fourth-order valence-electron chi connectivity index (χ4n) is 4.66. The largest absolute Gasteiger partial charge is 0.383 e. The standard InChI is InChI=1S/C29H29N7.C2H6/c1-2-19-15-21(16-19)25-11-12-26-29(34-25)36(28(35-26)24-6-4-14-32-27(24)30)23-9-7-20(8-10-23)17-33-22-5-3-13-31-18-22;1-2/h3-12,14-16,22,31,33H,2,13,17-18H2,1H3,(H2,30,32);1-2H3. The second-order valence-electron chi connectivity index (χ2n) is 9.16. The van der Waals surface area contributed by atoms with Crippen LogP contribution in [0.5, 0.6) is 0 Å². The highest BCUT2D eigenvalue weighted by molar-refractivity contribution is 5.87. The van der Waals surface area contributed by atoms with E-state index in [9.17, 15) is 0 Å². The number of allylic oxidation sites excluding steroid dienone is 4. The van der Waals surface area contributed by atoms with Gasteiger partial charge in [0.1, 0.15) is 11.3 Å². The molecule has 1 aliphatic carbocycles. The van der Waals surface area contributed by atoms with Crippen molar-refractivity contribution in [2.75, 3.05) is 18.8 Å². The van der Waals surface area contributed by atoms with Gasteiger partial charge in [0.2, 0.25) is 0 Å². The average molecular weight is 506 g/mol. The number of imidazole rings is 1. The lowest BCUT2D eigenvalue weighted by Gasteiger charge is -2.19. The van der Waals surface area contributed by atoms with Crippen LogP contribution in [0, 0.1) is 0 Å². The molecular formula is C31H35N7. The molecule has 7 heteroatoms. The van der Waals surface area contributed by atoms with Crippen molar-refractivity contribution < 1.29 is 0 Å². The van der Waals surface area contributed by atoms with Gasteiger partial charge in [-0.3, -0.25) is 4.57 Å². The molecule has 0 saturated heterocycles. The van der Waals surface area contributed by atoms with E-state index < -0.39 is 0 Å². The molecule has 0 bridgehead atoms. The first-order chi connectivity index (χ1) is 18.7. The quantitative estimate of drug-likeness (QED) is 0.290. The number of anilines is 1. The predicted octanol–water partition coefficient (Wildman–Crippen LogP) is 5.44. The second kappa shape index (κ2) is 11.5. The molecule has 1 aliphatic heterocycles. The van der Waals surface area contributed by atoms with Crippen LogP contribution in [0.15, 0.2) is 84.6 Å². The summed E-state index contributed by atoms with van der Waals surface area (Å²) in [5, 5.41) is 6.97. The van der Waals surface area contributed by atoms with Crippen LogP contribution in [0.3, 0.4) is 0 Å². The van der Waals surface area contributed by atoms with Crippen molar-refractivity contribution in [2.45, 2.75) is 39.8 Å². The maximum Gasteiger partial charge on any atom is 0.165 e. The first-order valence-corrected chi connectivity index (χ1v) is 13.4. The summed E-state index contributed by atoms with van der Waals surface area (Å²) in [7, 11) is 0. The Hall–Kier alpha value is -4.07. The lowest BCUT2D eigenvalue weighted by atomic mass is 9.94. The van der Waals surface area contributed by atoms with E-state index >= 15 is 0 Å². The number of nitrogens with one attached hydrogen (secondary N) is 2. The van der Waals surface area contributed by atoms with Crippen LogP contribution in [-0.4, -0.2) is 38.7 Å². The fraction of sp³-hybridized carbons (Fsp3) is 0.258. The monoisotopic (exact) mass is 505 g/mol. The summed E-state index contributed by atoms with van der Waals surface area (Å²) < 4.78 is 2.08. The van der Waals surface area contributed by atoms with E-state index in [1.54, 1.807) is 6.20 Å². The lowest BCUT2D eigenvalue weighted by molar-refractivity contribution is 0.535. The Morgan fingerprint density at radius 1 is 1.05 bits per heavy atom. The third kappa shape index (κ3) is 5.16. The van der Waals surface area contributed by atoms with Crippen LogP contribution < -0.4 is 16.4 Å². The van der Waals surface area contributed by atoms with Crippen molar-refractivity contribution in [1.29, 1.82) is 0 Å². The maximum absolute atomic E-state index is 6.27. The SMILES string of the molecule is CC.CCC1=CC(c2ccc3nc(-c4cccnc4N)n(-c4ccc(CNC5C=CCNC5)cc4)c3n2)=C1. The maximum atomic E-state index is 6.27. The van der Waals surface area contributed by atoms with E-state index in [1.807, 2.05) is 38.1 Å². The average Bonchev–Trinajstić information content (AvgIpc) is 3.32. The third-order valence-corrected chi connectivity index (χ3v) is 6.73.